The predicted octanol–water partition coefficient (Wildman–Crippen LogP) is -0.683. The molecule has 0 amide bonds. The molecule has 22 heavy (non-hydrogen) atoms. The minimum atomic E-state index is 0.0413. The number of methoxy groups -OCH3 is 2. The van der Waals surface area contributed by atoms with Gasteiger partial charge in [0.2, 0.25) is 0 Å². The van der Waals surface area contributed by atoms with Gasteiger partial charge in [0.25, 0.3) is 0 Å². The molecule has 0 fully saturated rings. The fraction of sp³-hybridized carbons (Fsp3) is 1.00. The van der Waals surface area contributed by atoms with Gasteiger partial charge in [0.05, 0.1) is 79.3 Å². The van der Waals surface area contributed by atoms with Crippen molar-refractivity contribution in [3.05, 3.63) is 0 Å². The maximum atomic E-state index is 8.36. The van der Waals surface area contributed by atoms with Crippen molar-refractivity contribution in [1.29, 1.82) is 0 Å². The highest BCUT2D eigenvalue weighted by molar-refractivity contribution is 4.33. The van der Waals surface area contributed by atoms with E-state index in [4.69, 9.17) is 38.6 Å². The molecule has 136 valence electrons. The Bertz CT molecular complexity index is 155. The Morgan fingerprint density at radius 3 is 1.00 bits per heavy atom. The van der Waals surface area contributed by atoms with Gasteiger partial charge in [0, 0.05) is 14.2 Å². The van der Waals surface area contributed by atoms with Crippen molar-refractivity contribution in [2.45, 2.75) is 0 Å². The Morgan fingerprint density at radius 2 is 0.727 bits per heavy atom. The third-order valence-corrected chi connectivity index (χ3v) is 2.08. The largest absolute Gasteiger partial charge is 0.394 e. The smallest absolute Gasteiger partial charge is 0.0701 e. The summed E-state index contributed by atoms with van der Waals surface area (Å²) in [7, 11) is 3.30. The van der Waals surface area contributed by atoms with Crippen LogP contribution in [0.1, 0.15) is 0 Å². The maximum absolute atomic E-state index is 8.36. The molecule has 0 aromatic heterocycles. The first kappa shape index (κ1) is 23.9. The quantitative estimate of drug-likeness (QED) is 0.360. The van der Waals surface area contributed by atoms with Gasteiger partial charge in [0.1, 0.15) is 0 Å². The molecule has 0 bridgehead atoms. The summed E-state index contributed by atoms with van der Waals surface area (Å²) in [6, 6.07) is 0. The fourth-order valence-electron chi connectivity index (χ4n) is 1.06. The second-order valence-corrected chi connectivity index (χ2v) is 3.88. The van der Waals surface area contributed by atoms with Crippen LogP contribution in [0, 0.1) is 0 Å². The molecule has 0 aliphatic heterocycles. The van der Waals surface area contributed by atoms with E-state index >= 15 is 0 Å². The van der Waals surface area contributed by atoms with Crippen LogP contribution >= 0.6 is 0 Å². The van der Waals surface area contributed by atoms with Crippen LogP contribution in [0.3, 0.4) is 0 Å². The van der Waals surface area contributed by atoms with E-state index in [-0.39, 0.29) is 13.2 Å². The zero-order valence-electron chi connectivity index (χ0n) is 13.8. The highest BCUT2D eigenvalue weighted by Gasteiger charge is 1.90. The molecule has 0 saturated carbocycles. The van der Waals surface area contributed by atoms with E-state index in [2.05, 4.69) is 0 Å². The third kappa shape index (κ3) is 27.9. The lowest BCUT2D eigenvalue weighted by Gasteiger charge is -2.04. The summed E-state index contributed by atoms with van der Waals surface area (Å²) < 4.78 is 29.6. The van der Waals surface area contributed by atoms with Gasteiger partial charge in [-0.05, 0) is 0 Å². The average molecular weight is 328 g/mol. The van der Waals surface area contributed by atoms with Crippen LogP contribution in [0.25, 0.3) is 0 Å². The van der Waals surface area contributed by atoms with Gasteiger partial charge in [-0.25, -0.2) is 0 Å². The van der Waals surface area contributed by atoms with Crippen LogP contribution in [0.4, 0.5) is 0 Å². The van der Waals surface area contributed by atoms with Crippen molar-refractivity contribution < 1.29 is 38.6 Å². The molecular weight excluding hydrogens is 296 g/mol. The summed E-state index contributed by atoms with van der Waals surface area (Å²) in [5.41, 5.74) is 0. The van der Waals surface area contributed by atoms with E-state index in [1.54, 1.807) is 14.2 Å². The summed E-state index contributed by atoms with van der Waals surface area (Å²) in [6.07, 6.45) is 0. The van der Waals surface area contributed by atoms with Gasteiger partial charge in [-0.2, -0.15) is 0 Å². The number of rotatable bonds is 16. The number of hydrogen-bond donors (Lipinski definition) is 2. The normalized spacial score (nSPS) is 10.4. The van der Waals surface area contributed by atoms with Gasteiger partial charge in [0.15, 0.2) is 0 Å². The standard InChI is InChI=1S/C8H18O5.C6H14O3/c9-1-3-11-5-7-13-8-6-12-4-2-10;1-7-3-5-9-6-4-8-2/h9-10H,1-8H2;3-6H2,1-2H3. The van der Waals surface area contributed by atoms with Crippen molar-refractivity contribution in [2.24, 2.45) is 0 Å². The second-order valence-electron chi connectivity index (χ2n) is 3.88. The van der Waals surface area contributed by atoms with Gasteiger partial charge < -0.3 is 38.6 Å². The SMILES string of the molecule is COCCOCCOC.OCCOCCOCCOCCO. The molecule has 8 nitrogen and oxygen atoms in total. The fourth-order valence-corrected chi connectivity index (χ4v) is 1.06. The van der Waals surface area contributed by atoms with Crippen LogP contribution in [-0.4, -0.2) is 104 Å². The maximum Gasteiger partial charge on any atom is 0.0701 e. The molecule has 0 radical (unpaired) electrons. The Labute approximate surface area is 133 Å². The summed E-state index contributed by atoms with van der Waals surface area (Å²) in [5.74, 6) is 0. The molecule has 0 atom stereocenters. The van der Waals surface area contributed by atoms with Crippen LogP contribution in [0.2, 0.25) is 0 Å². The molecular formula is C14H32O8. The predicted molar refractivity (Wildman–Crippen MR) is 81.2 cm³/mol. The second kappa shape index (κ2) is 25.6. The topological polar surface area (TPSA) is 95.8 Å². The van der Waals surface area contributed by atoms with Crippen LogP contribution in [-0.2, 0) is 28.4 Å². The first-order chi connectivity index (χ1) is 10.8. The van der Waals surface area contributed by atoms with Crippen molar-refractivity contribution in [3.8, 4) is 0 Å². The van der Waals surface area contributed by atoms with E-state index in [0.29, 0.717) is 66.1 Å². The Balaban J connectivity index is 0. The monoisotopic (exact) mass is 328 g/mol. The molecule has 0 unspecified atom stereocenters. The highest BCUT2D eigenvalue weighted by Crippen LogP contribution is 1.80. The first-order valence-corrected chi connectivity index (χ1v) is 7.34. The Kier molecular flexibility index (Phi) is 27.9. The molecule has 2 N–H and O–H groups in total. The number of hydrogen-bond acceptors (Lipinski definition) is 8. The molecule has 8 heteroatoms. The Morgan fingerprint density at radius 1 is 0.455 bits per heavy atom. The van der Waals surface area contributed by atoms with Crippen molar-refractivity contribution in [3.63, 3.8) is 0 Å². The van der Waals surface area contributed by atoms with Gasteiger partial charge in [-0.15, -0.1) is 0 Å². The van der Waals surface area contributed by atoms with Gasteiger partial charge in [-0.3, -0.25) is 0 Å². The molecule has 0 aliphatic rings. The summed E-state index contributed by atoms with van der Waals surface area (Å²) >= 11 is 0. The lowest BCUT2D eigenvalue weighted by Crippen LogP contribution is -2.11. The summed E-state index contributed by atoms with van der Waals surface area (Å²) in [4.78, 5) is 0. The van der Waals surface area contributed by atoms with E-state index < -0.39 is 0 Å². The minimum Gasteiger partial charge on any atom is -0.394 e. The van der Waals surface area contributed by atoms with Gasteiger partial charge in [-0.1, -0.05) is 0 Å². The summed E-state index contributed by atoms with van der Waals surface area (Å²) in [6.45, 7) is 5.38. The Hall–Kier alpha value is -0.320. The minimum absolute atomic E-state index is 0.0413. The lowest BCUT2D eigenvalue weighted by molar-refractivity contribution is 0.00230. The zero-order valence-corrected chi connectivity index (χ0v) is 13.8. The number of aliphatic hydroxyl groups is 2. The highest BCUT2D eigenvalue weighted by atomic mass is 16.5. The van der Waals surface area contributed by atoms with Crippen LogP contribution < -0.4 is 0 Å². The first-order valence-electron chi connectivity index (χ1n) is 7.34. The third-order valence-electron chi connectivity index (χ3n) is 2.08. The average Bonchev–Trinajstić information content (AvgIpc) is 2.54. The molecule has 0 aromatic carbocycles. The van der Waals surface area contributed by atoms with Crippen molar-refractivity contribution in [1.82, 2.24) is 0 Å². The van der Waals surface area contributed by atoms with Crippen molar-refractivity contribution in [2.75, 3.05) is 93.5 Å². The van der Waals surface area contributed by atoms with E-state index in [1.807, 2.05) is 0 Å². The molecule has 0 aromatic rings. The van der Waals surface area contributed by atoms with Gasteiger partial charge >= 0.3 is 0 Å². The van der Waals surface area contributed by atoms with Crippen molar-refractivity contribution >= 4 is 0 Å². The molecule has 0 spiro atoms. The van der Waals surface area contributed by atoms with E-state index in [0.717, 1.165) is 0 Å². The molecule has 0 aliphatic carbocycles. The van der Waals surface area contributed by atoms with E-state index in [1.165, 1.54) is 0 Å². The summed E-state index contributed by atoms with van der Waals surface area (Å²) in [5, 5.41) is 16.7. The zero-order chi connectivity index (χ0) is 16.7. The molecule has 0 rings (SSSR count). The van der Waals surface area contributed by atoms with Crippen LogP contribution in [0.5, 0.6) is 0 Å². The van der Waals surface area contributed by atoms with E-state index in [9.17, 15) is 0 Å². The van der Waals surface area contributed by atoms with Crippen LogP contribution in [0.15, 0.2) is 0 Å². The lowest BCUT2D eigenvalue weighted by atomic mass is 10.7. The molecule has 0 heterocycles. The number of ether oxygens (including phenoxy) is 6. The number of aliphatic hydroxyl groups excluding tert-OH is 2. The molecule has 0 saturated heterocycles.